The molecule has 1 aromatic carbocycles. The van der Waals surface area contributed by atoms with Gasteiger partial charge in [0.05, 0.1) is 4.90 Å². The van der Waals surface area contributed by atoms with Gasteiger partial charge in [0.15, 0.2) is 9.84 Å². The topological polar surface area (TPSA) is 34.1 Å². The van der Waals surface area contributed by atoms with Gasteiger partial charge in [-0.15, -0.1) is 0 Å². The Hall–Kier alpha value is -0.480. The molecule has 72 valence electrons. The summed E-state index contributed by atoms with van der Waals surface area (Å²) in [6, 6.07) is 6.78. The van der Waals surface area contributed by atoms with E-state index in [1.54, 1.807) is 31.2 Å². The highest BCUT2D eigenvalue weighted by Gasteiger charge is 2.18. The van der Waals surface area contributed by atoms with E-state index in [0.29, 0.717) is 4.90 Å². The summed E-state index contributed by atoms with van der Waals surface area (Å²) >= 11 is 3.93. The first-order valence-corrected chi connectivity index (χ1v) is 5.99. The van der Waals surface area contributed by atoms with Crippen molar-refractivity contribution in [3.8, 4) is 0 Å². The van der Waals surface area contributed by atoms with Crippen molar-refractivity contribution in [1.82, 2.24) is 0 Å². The molecule has 1 aromatic rings. The highest BCUT2D eigenvalue weighted by Crippen LogP contribution is 2.18. The van der Waals surface area contributed by atoms with Crippen molar-refractivity contribution >= 4 is 22.5 Å². The molecule has 0 heterocycles. The van der Waals surface area contributed by atoms with Gasteiger partial charge in [-0.2, -0.15) is 12.6 Å². The van der Waals surface area contributed by atoms with Crippen LogP contribution in [0.1, 0.15) is 12.5 Å². The van der Waals surface area contributed by atoms with E-state index in [1.807, 2.05) is 6.92 Å². The number of sulfone groups is 1. The fraction of sp³-hybridized carbons (Fsp3) is 0.333. The Morgan fingerprint density at radius 1 is 1.23 bits per heavy atom. The average molecular weight is 216 g/mol. The van der Waals surface area contributed by atoms with Gasteiger partial charge in [-0.1, -0.05) is 17.7 Å². The van der Waals surface area contributed by atoms with Gasteiger partial charge in [0.1, 0.15) is 4.58 Å². The third-order valence-electron chi connectivity index (χ3n) is 1.80. The van der Waals surface area contributed by atoms with Crippen LogP contribution in [-0.2, 0) is 9.84 Å². The first-order valence-electron chi connectivity index (χ1n) is 3.93. The molecule has 0 amide bonds. The lowest BCUT2D eigenvalue weighted by Gasteiger charge is -2.06. The molecule has 0 aliphatic carbocycles. The number of hydrogen-bond acceptors (Lipinski definition) is 3. The van der Waals surface area contributed by atoms with E-state index < -0.39 is 14.4 Å². The number of aryl methyl sites for hydroxylation is 1. The summed E-state index contributed by atoms with van der Waals surface area (Å²) in [7, 11) is -3.23. The Bertz CT molecular complexity index is 377. The molecule has 0 radical (unpaired) electrons. The molecule has 0 aromatic heterocycles. The first kappa shape index (κ1) is 10.6. The molecule has 4 heteroatoms. The molecule has 0 fully saturated rings. The van der Waals surface area contributed by atoms with E-state index in [9.17, 15) is 8.42 Å². The van der Waals surface area contributed by atoms with E-state index >= 15 is 0 Å². The van der Waals surface area contributed by atoms with Crippen molar-refractivity contribution in [1.29, 1.82) is 0 Å². The predicted octanol–water partition coefficient (Wildman–Crippen LogP) is 2.04. The first-order chi connectivity index (χ1) is 5.94. The fourth-order valence-electron chi connectivity index (χ4n) is 0.925. The summed E-state index contributed by atoms with van der Waals surface area (Å²) in [4.78, 5) is 0.334. The minimum atomic E-state index is -3.23. The molecular formula is C9H12O2S2. The number of rotatable bonds is 2. The highest BCUT2D eigenvalue weighted by atomic mass is 32.2. The summed E-state index contributed by atoms with van der Waals surface area (Å²) in [5.41, 5.74) is 1.05. The van der Waals surface area contributed by atoms with Gasteiger partial charge in [-0.05, 0) is 26.0 Å². The SMILES string of the molecule is Cc1ccc(S(=O)(=O)C(C)S)cc1. The Labute approximate surface area is 84.3 Å². The normalized spacial score (nSPS) is 14.1. The van der Waals surface area contributed by atoms with E-state index in [-0.39, 0.29) is 0 Å². The number of thiol groups is 1. The second-order valence-corrected chi connectivity index (χ2v) is 6.35. The van der Waals surface area contributed by atoms with Gasteiger partial charge in [0, 0.05) is 0 Å². The summed E-state index contributed by atoms with van der Waals surface area (Å²) in [6.07, 6.45) is 0. The van der Waals surface area contributed by atoms with Crippen molar-refractivity contribution in [2.45, 2.75) is 23.3 Å². The third kappa shape index (κ3) is 2.25. The average Bonchev–Trinajstić information content (AvgIpc) is 2.04. The zero-order valence-electron chi connectivity index (χ0n) is 7.56. The molecule has 0 saturated heterocycles. The number of benzene rings is 1. The maximum absolute atomic E-state index is 11.6. The summed E-state index contributed by atoms with van der Waals surface area (Å²) in [5, 5.41) is 0. The van der Waals surface area contributed by atoms with E-state index in [2.05, 4.69) is 12.6 Å². The van der Waals surface area contributed by atoms with Crippen LogP contribution < -0.4 is 0 Å². The molecule has 0 spiro atoms. The lowest BCUT2D eigenvalue weighted by Crippen LogP contribution is -2.11. The Kier molecular flexibility index (Phi) is 3.03. The van der Waals surface area contributed by atoms with Gasteiger partial charge in [0.25, 0.3) is 0 Å². The zero-order chi connectivity index (χ0) is 10.1. The van der Waals surface area contributed by atoms with Crippen LogP contribution in [0.15, 0.2) is 29.2 Å². The quantitative estimate of drug-likeness (QED) is 0.768. The van der Waals surface area contributed by atoms with Crippen LogP contribution in [0.25, 0.3) is 0 Å². The fourth-order valence-corrected chi connectivity index (χ4v) is 2.20. The molecule has 2 nitrogen and oxygen atoms in total. The predicted molar refractivity (Wildman–Crippen MR) is 56.8 cm³/mol. The third-order valence-corrected chi connectivity index (χ3v) is 4.46. The van der Waals surface area contributed by atoms with Crippen LogP contribution in [0.3, 0.4) is 0 Å². The van der Waals surface area contributed by atoms with Crippen LogP contribution in [0.5, 0.6) is 0 Å². The monoisotopic (exact) mass is 216 g/mol. The molecule has 1 atom stereocenters. The Morgan fingerprint density at radius 3 is 2.08 bits per heavy atom. The molecule has 0 bridgehead atoms. The molecule has 0 aliphatic heterocycles. The highest BCUT2D eigenvalue weighted by molar-refractivity contribution is 8.04. The van der Waals surface area contributed by atoms with Crippen molar-refractivity contribution in [2.24, 2.45) is 0 Å². The molecule has 0 N–H and O–H groups in total. The van der Waals surface area contributed by atoms with Crippen molar-refractivity contribution < 1.29 is 8.42 Å². The van der Waals surface area contributed by atoms with Gasteiger partial charge in [-0.3, -0.25) is 0 Å². The second kappa shape index (κ2) is 3.72. The van der Waals surface area contributed by atoms with Crippen LogP contribution in [0, 0.1) is 6.92 Å². The molecule has 1 rings (SSSR count). The molecule has 0 saturated carbocycles. The minimum Gasteiger partial charge on any atom is -0.223 e. The van der Waals surface area contributed by atoms with Gasteiger partial charge in [-0.25, -0.2) is 8.42 Å². The largest absolute Gasteiger partial charge is 0.223 e. The van der Waals surface area contributed by atoms with E-state index in [4.69, 9.17) is 0 Å². The molecule has 0 aliphatic rings. The van der Waals surface area contributed by atoms with Crippen molar-refractivity contribution in [3.05, 3.63) is 29.8 Å². The van der Waals surface area contributed by atoms with Crippen LogP contribution >= 0.6 is 12.6 Å². The van der Waals surface area contributed by atoms with Crippen LogP contribution in [0.4, 0.5) is 0 Å². The van der Waals surface area contributed by atoms with Crippen LogP contribution in [-0.4, -0.2) is 13.0 Å². The minimum absolute atomic E-state index is 0.334. The second-order valence-electron chi connectivity index (χ2n) is 2.96. The standard InChI is InChI=1S/C9H12O2S2/c1-7-3-5-9(6-4-7)13(10,11)8(2)12/h3-6,8,12H,1-2H3. The lowest BCUT2D eigenvalue weighted by molar-refractivity contribution is 0.595. The zero-order valence-corrected chi connectivity index (χ0v) is 9.27. The maximum Gasteiger partial charge on any atom is 0.189 e. The Balaban J connectivity index is 3.17. The number of hydrogen-bond donors (Lipinski definition) is 1. The van der Waals surface area contributed by atoms with Gasteiger partial charge < -0.3 is 0 Å². The van der Waals surface area contributed by atoms with Crippen LogP contribution in [0.2, 0.25) is 0 Å². The van der Waals surface area contributed by atoms with Gasteiger partial charge in [0.2, 0.25) is 0 Å². The van der Waals surface area contributed by atoms with E-state index in [0.717, 1.165) is 5.56 Å². The maximum atomic E-state index is 11.6. The van der Waals surface area contributed by atoms with E-state index in [1.165, 1.54) is 0 Å². The summed E-state index contributed by atoms with van der Waals surface area (Å²) in [6.45, 7) is 3.47. The Morgan fingerprint density at radius 2 is 1.69 bits per heavy atom. The lowest BCUT2D eigenvalue weighted by atomic mass is 10.2. The summed E-state index contributed by atoms with van der Waals surface area (Å²) in [5.74, 6) is 0. The van der Waals surface area contributed by atoms with Crippen molar-refractivity contribution in [3.63, 3.8) is 0 Å². The molecule has 13 heavy (non-hydrogen) atoms. The van der Waals surface area contributed by atoms with Gasteiger partial charge >= 0.3 is 0 Å². The molecule has 1 unspecified atom stereocenters. The van der Waals surface area contributed by atoms with Crippen molar-refractivity contribution in [2.75, 3.05) is 0 Å². The summed E-state index contributed by atoms with van der Waals surface area (Å²) < 4.78 is 22.5. The smallest absolute Gasteiger partial charge is 0.189 e. The molecular weight excluding hydrogens is 204 g/mol.